The third-order valence-electron chi connectivity index (χ3n) is 3.65. The maximum Gasteiger partial charge on any atom is 0.311 e. The lowest BCUT2D eigenvalue weighted by Crippen LogP contribution is -2.41. The number of nitrogens with one attached hydrogen (secondary N) is 1. The average Bonchev–Trinajstić information content (AvgIpc) is 2.97. The van der Waals surface area contributed by atoms with Crippen molar-refractivity contribution < 1.29 is 14.7 Å². The Morgan fingerprint density at radius 3 is 2.68 bits per heavy atom. The number of carboxylic acid groups (broad SMARTS) is 1. The molecule has 104 valence electrons. The molecule has 5 nitrogen and oxygen atoms in total. The summed E-state index contributed by atoms with van der Waals surface area (Å²) in [4.78, 5) is 27.4. The standard InChI is InChI=1S/C13H18N2O3S/c1-9-15-10(7-19-9)6-11(16)14-8-13(12(17)18)4-2-3-5-13/h7H,2-6,8H2,1H3,(H,14,16)(H,17,18). The lowest BCUT2D eigenvalue weighted by Gasteiger charge is -2.23. The van der Waals surface area contributed by atoms with Crippen molar-refractivity contribution in [3.63, 3.8) is 0 Å². The molecule has 1 fully saturated rings. The number of hydrogen-bond donors (Lipinski definition) is 2. The highest BCUT2D eigenvalue weighted by molar-refractivity contribution is 7.09. The van der Waals surface area contributed by atoms with Crippen LogP contribution in [0, 0.1) is 12.3 Å². The highest BCUT2D eigenvalue weighted by Gasteiger charge is 2.41. The van der Waals surface area contributed by atoms with E-state index in [1.807, 2.05) is 12.3 Å². The summed E-state index contributed by atoms with van der Waals surface area (Å²) in [5, 5.41) is 14.8. The molecule has 6 heteroatoms. The van der Waals surface area contributed by atoms with Crippen LogP contribution in [-0.2, 0) is 16.0 Å². The van der Waals surface area contributed by atoms with Gasteiger partial charge in [0.05, 0.1) is 22.5 Å². The normalized spacial score (nSPS) is 17.3. The van der Waals surface area contributed by atoms with Crippen molar-refractivity contribution in [2.24, 2.45) is 5.41 Å². The van der Waals surface area contributed by atoms with Crippen molar-refractivity contribution in [1.29, 1.82) is 0 Å². The van der Waals surface area contributed by atoms with Crippen LogP contribution >= 0.6 is 11.3 Å². The fourth-order valence-corrected chi connectivity index (χ4v) is 3.11. The van der Waals surface area contributed by atoms with Gasteiger partial charge in [-0.1, -0.05) is 12.8 Å². The smallest absolute Gasteiger partial charge is 0.311 e. The van der Waals surface area contributed by atoms with Gasteiger partial charge in [0.2, 0.25) is 5.91 Å². The number of aromatic nitrogens is 1. The summed E-state index contributed by atoms with van der Waals surface area (Å²) in [7, 11) is 0. The second kappa shape index (κ2) is 5.69. The molecule has 0 bridgehead atoms. The van der Waals surface area contributed by atoms with Gasteiger partial charge in [0.1, 0.15) is 0 Å². The van der Waals surface area contributed by atoms with Crippen molar-refractivity contribution in [3.8, 4) is 0 Å². The Balaban J connectivity index is 1.87. The van der Waals surface area contributed by atoms with E-state index in [0.717, 1.165) is 23.5 Å². The molecule has 0 saturated heterocycles. The molecule has 0 aromatic carbocycles. The number of amides is 1. The monoisotopic (exact) mass is 282 g/mol. The summed E-state index contributed by atoms with van der Waals surface area (Å²) in [5.74, 6) is -0.951. The van der Waals surface area contributed by atoms with Crippen LogP contribution in [0.4, 0.5) is 0 Å². The second-order valence-corrected chi connectivity index (χ2v) is 6.17. The van der Waals surface area contributed by atoms with E-state index in [0.29, 0.717) is 12.8 Å². The highest BCUT2D eigenvalue weighted by atomic mass is 32.1. The van der Waals surface area contributed by atoms with Gasteiger partial charge in [0, 0.05) is 11.9 Å². The third-order valence-corrected chi connectivity index (χ3v) is 4.47. The number of aliphatic carboxylic acids is 1. The zero-order valence-corrected chi connectivity index (χ0v) is 11.8. The first-order valence-corrected chi connectivity index (χ1v) is 7.31. The second-order valence-electron chi connectivity index (χ2n) is 5.10. The van der Waals surface area contributed by atoms with E-state index in [9.17, 15) is 14.7 Å². The first kappa shape index (κ1) is 14.0. The van der Waals surface area contributed by atoms with E-state index < -0.39 is 11.4 Å². The Morgan fingerprint density at radius 1 is 1.47 bits per heavy atom. The lowest BCUT2D eigenvalue weighted by atomic mass is 9.86. The molecule has 0 radical (unpaired) electrons. The topological polar surface area (TPSA) is 79.3 Å². The fourth-order valence-electron chi connectivity index (χ4n) is 2.50. The number of carbonyl (C=O) groups excluding carboxylic acids is 1. The molecule has 1 aliphatic rings. The maximum absolute atomic E-state index is 11.8. The van der Waals surface area contributed by atoms with Crippen molar-refractivity contribution in [3.05, 3.63) is 16.1 Å². The summed E-state index contributed by atoms with van der Waals surface area (Å²) >= 11 is 1.51. The average molecular weight is 282 g/mol. The van der Waals surface area contributed by atoms with E-state index in [2.05, 4.69) is 10.3 Å². The predicted octanol–water partition coefficient (Wildman–Crippen LogP) is 1.76. The molecule has 1 amide bonds. The van der Waals surface area contributed by atoms with Gasteiger partial charge in [-0.05, 0) is 19.8 Å². The van der Waals surface area contributed by atoms with E-state index >= 15 is 0 Å². The zero-order chi connectivity index (χ0) is 13.9. The summed E-state index contributed by atoms with van der Waals surface area (Å²) < 4.78 is 0. The number of nitrogens with zero attached hydrogens (tertiary/aromatic N) is 1. The van der Waals surface area contributed by atoms with Crippen molar-refractivity contribution in [1.82, 2.24) is 10.3 Å². The van der Waals surface area contributed by atoms with Crippen LogP contribution in [-0.4, -0.2) is 28.5 Å². The van der Waals surface area contributed by atoms with Gasteiger partial charge in [0.15, 0.2) is 0 Å². The lowest BCUT2D eigenvalue weighted by molar-refractivity contribution is -0.148. The molecule has 2 rings (SSSR count). The molecule has 1 aliphatic carbocycles. The van der Waals surface area contributed by atoms with Crippen LogP contribution < -0.4 is 5.32 Å². The summed E-state index contributed by atoms with van der Waals surface area (Å²) in [6.45, 7) is 2.12. The first-order chi connectivity index (χ1) is 9.02. The molecule has 1 heterocycles. The summed E-state index contributed by atoms with van der Waals surface area (Å²) in [6.07, 6.45) is 3.37. The van der Waals surface area contributed by atoms with Crippen molar-refractivity contribution in [2.75, 3.05) is 6.54 Å². The molecule has 0 spiro atoms. The molecule has 0 unspecified atom stereocenters. The van der Waals surface area contributed by atoms with Gasteiger partial charge in [0.25, 0.3) is 0 Å². The van der Waals surface area contributed by atoms with Crippen LogP contribution in [0.25, 0.3) is 0 Å². The Hall–Kier alpha value is -1.43. The van der Waals surface area contributed by atoms with Gasteiger partial charge < -0.3 is 10.4 Å². The van der Waals surface area contributed by atoms with Gasteiger partial charge in [-0.25, -0.2) is 4.98 Å². The minimum atomic E-state index is -0.796. The number of hydrogen-bond acceptors (Lipinski definition) is 4. The van der Waals surface area contributed by atoms with Gasteiger partial charge >= 0.3 is 5.97 Å². The summed E-state index contributed by atoms with van der Waals surface area (Å²) in [6, 6.07) is 0. The highest BCUT2D eigenvalue weighted by Crippen LogP contribution is 2.37. The molecule has 1 aromatic heterocycles. The van der Waals surface area contributed by atoms with Gasteiger partial charge in [-0.2, -0.15) is 0 Å². The molecule has 1 aromatic rings. The molecular formula is C13H18N2O3S. The predicted molar refractivity (Wildman–Crippen MR) is 72.1 cm³/mol. The molecule has 2 N–H and O–H groups in total. The van der Waals surface area contributed by atoms with Crippen LogP contribution in [0.2, 0.25) is 0 Å². The summed E-state index contributed by atoms with van der Waals surface area (Å²) in [5.41, 5.74) is -0.0102. The minimum absolute atomic E-state index is 0.155. The Morgan fingerprint density at radius 2 is 2.16 bits per heavy atom. The van der Waals surface area contributed by atoms with Crippen LogP contribution in [0.15, 0.2) is 5.38 Å². The minimum Gasteiger partial charge on any atom is -0.481 e. The number of thiazole rings is 1. The van der Waals surface area contributed by atoms with Crippen molar-refractivity contribution in [2.45, 2.75) is 39.0 Å². The Bertz CT molecular complexity index is 478. The largest absolute Gasteiger partial charge is 0.481 e. The Labute approximate surface area is 116 Å². The van der Waals surface area contributed by atoms with E-state index in [1.165, 1.54) is 11.3 Å². The van der Waals surface area contributed by atoms with E-state index in [1.54, 1.807) is 0 Å². The fraction of sp³-hybridized carbons (Fsp3) is 0.615. The van der Waals surface area contributed by atoms with E-state index in [4.69, 9.17) is 0 Å². The Kier molecular flexibility index (Phi) is 4.19. The van der Waals surface area contributed by atoms with Crippen molar-refractivity contribution >= 4 is 23.2 Å². The first-order valence-electron chi connectivity index (χ1n) is 6.43. The van der Waals surface area contributed by atoms with Crippen LogP contribution in [0.5, 0.6) is 0 Å². The SMILES string of the molecule is Cc1nc(CC(=O)NCC2(C(=O)O)CCCC2)cs1. The number of carboxylic acids is 1. The quantitative estimate of drug-likeness (QED) is 0.862. The molecular weight excluding hydrogens is 264 g/mol. The van der Waals surface area contributed by atoms with Crippen LogP contribution in [0.1, 0.15) is 36.4 Å². The number of rotatable bonds is 5. The van der Waals surface area contributed by atoms with Gasteiger partial charge in [-0.3, -0.25) is 9.59 Å². The molecule has 0 aliphatic heterocycles. The number of aryl methyl sites for hydroxylation is 1. The maximum atomic E-state index is 11.8. The molecule has 0 atom stereocenters. The molecule has 19 heavy (non-hydrogen) atoms. The van der Waals surface area contributed by atoms with E-state index in [-0.39, 0.29) is 18.9 Å². The molecule has 1 saturated carbocycles. The van der Waals surface area contributed by atoms with Gasteiger partial charge in [-0.15, -0.1) is 11.3 Å². The number of carbonyl (C=O) groups is 2. The third kappa shape index (κ3) is 3.32. The van der Waals surface area contributed by atoms with Crippen LogP contribution in [0.3, 0.4) is 0 Å². The zero-order valence-electron chi connectivity index (χ0n) is 10.9.